The van der Waals surface area contributed by atoms with Gasteiger partial charge in [0.25, 0.3) is 5.91 Å². The molecule has 18 heavy (non-hydrogen) atoms. The number of rotatable bonds is 5. The standard InChI is InChI=1S/C14H20N2O2/c1-10(2)9-15-16-14(17)12-7-5-6-8-13(12)18-11(3)4/h5-11H,1-4H3,(H,16,17)/b15-9+. The van der Waals surface area contributed by atoms with Gasteiger partial charge in [-0.25, -0.2) is 5.43 Å². The first-order chi connectivity index (χ1) is 8.50. The molecular weight excluding hydrogens is 228 g/mol. The molecule has 0 unspecified atom stereocenters. The van der Waals surface area contributed by atoms with Crippen molar-refractivity contribution in [3.63, 3.8) is 0 Å². The number of nitrogens with one attached hydrogen (secondary N) is 1. The maximum atomic E-state index is 11.9. The number of amides is 1. The monoisotopic (exact) mass is 248 g/mol. The van der Waals surface area contributed by atoms with Gasteiger partial charge in [0.1, 0.15) is 5.75 Å². The van der Waals surface area contributed by atoms with Crippen molar-refractivity contribution in [2.24, 2.45) is 11.0 Å². The molecule has 0 bridgehead atoms. The van der Waals surface area contributed by atoms with Gasteiger partial charge >= 0.3 is 0 Å². The second-order valence-corrected chi connectivity index (χ2v) is 4.63. The number of hydrogen-bond acceptors (Lipinski definition) is 3. The zero-order chi connectivity index (χ0) is 13.5. The summed E-state index contributed by atoms with van der Waals surface area (Å²) >= 11 is 0. The Hall–Kier alpha value is -1.84. The van der Waals surface area contributed by atoms with Crippen molar-refractivity contribution in [3.05, 3.63) is 29.8 Å². The van der Waals surface area contributed by atoms with Gasteiger partial charge < -0.3 is 4.74 Å². The van der Waals surface area contributed by atoms with Crippen LogP contribution in [0.25, 0.3) is 0 Å². The number of hydrazone groups is 1. The Kier molecular flexibility index (Phi) is 5.36. The van der Waals surface area contributed by atoms with Gasteiger partial charge in [0.2, 0.25) is 0 Å². The van der Waals surface area contributed by atoms with E-state index in [-0.39, 0.29) is 12.0 Å². The van der Waals surface area contributed by atoms with Gasteiger partial charge in [0.15, 0.2) is 0 Å². The average molecular weight is 248 g/mol. The fourth-order valence-electron chi connectivity index (χ4n) is 1.32. The van der Waals surface area contributed by atoms with E-state index in [1.54, 1.807) is 24.4 Å². The van der Waals surface area contributed by atoms with Gasteiger partial charge in [0, 0.05) is 6.21 Å². The van der Waals surface area contributed by atoms with Crippen molar-refractivity contribution in [3.8, 4) is 5.75 Å². The molecule has 0 heterocycles. The lowest BCUT2D eigenvalue weighted by molar-refractivity contribution is 0.0949. The highest BCUT2D eigenvalue weighted by atomic mass is 16.5. The summed E-state index contributed by atoms with van der Waals surface area (Å²) in [6.45, 7) is 7.83. The summed E-state index contributed by atoms with van der Waals surface area (Å²) in [6, 6.07) is 7.14. The van der Waals surface area contributed by atoms with Gasteiger partial charge in [-0.1, -0.05) is 26.0 Å². The van der Waals surface area contributed by atoms with E-state index in [2.05, 4.69) is 10.5 Å². The fourth-order valence-corrected chi connectivity index (χ4v) is 1.32. The number of carbonyl (C=O) groups is 1. The van der Waals surface area contributed by atoms with Crippen molar-refractivity contribution in [2.75, 3.05) is 0 Å². The normalized spacial score (nSPS) is 11.2. The minimum absolute atomic E-state index is 0.0260. The number of benzene rings is 1. The van der Waals surface area contributed by atoms with E-state index in [4.69, 9.17) is 4.74 Å². The molecule has 0 radical (unpaired) electrons. The summed E-state index contributed by atoms with van der Waals surface area (Å²) in [7, 11) is 0. The second kappa shape index (κ2) is 6.79. The number of carbonyl (C=O) groups excluding carboxylic acids is 1. The molecule has 0 aliphatic carbocycles. The minimum Gasteiger partial charge on any atom is -0.490 e. The molecule has 0 saturated heterocycles. The van der Waals surface area contributed by atoms with Crippen LogP contribution in [0.3, 0.4) is 0 Å². The quantitative estimate of drug-likeness (QED) is 0.643. The van der Waals surface area contributed by atoms with E-state index < -0.39 is 0 Å². The molecule has 1 rings (SSSR count). The molecule has 4 heteroatoms. The smallest absolute Gasteiger partial charge is 0.275 e. The molecule has 4 nitrogen and oxygen atoms in total. The van der Waals surface area contributed by atoms with E-state index in [0.717, 1.165) is 0 Å². The lowest BCUT2D eigenvalue weighted by Crippen LogP contribution is -2.20. The largest absolute Gasteiger partial charge is 0.490 e. The summed E-state index contributed by atoms with van der Waals surface area (Å²) in [6.07, 6.45) is 1.71. The Morgan fingerprint density at radius 2 is 1.94 bits per heavy atom. The van der Waals surface area contributed by atoms with Crippen molar-refractivity contribution in [2.45, 2.75) is 33.8 Å². The van der Waals surface area contributed by atoms with E-state index >= 15 is 0 Å². The van der Waals surface area contributed by atoms with Crippen molar-refractivity contribution < 1.29 is 9.53 Å². The molecule has 98 valence electrons. The molecule has 0 spiro atoms. The third-order valence-corrected chi connectivity index (χ3v) is 2.03. The summed E-state index contributed by atoms with van der Waals surface area (Å²) in [5.41, 5.74) is 2.99. The van der Waals surface area contributed by atoms with Crippen molar-refractivity contribution in [1.82, 2.24) is 5.43 Å². The van der Waals surface area contributed by atoms with Gasteiger partial charge in [-0.3, -0.25) is 4.79 Å². The van der Waals surface area contributed by atoms with Gasteiger partial charge in [-0.05, 0) is 31.9 Å². The van der Waals surface area contributed by atoms with Crippen LogP contribution in [0.2, 0.25) is 0 Å². The molecule has 1 amide bonds. The second-order valence-electron chi connectivity index (χ2n) is 4.63. The Bertz CT molecular complexity index is 426. The lowest BCUT2D eigenvalue weighted by Gasteiger charge is -2.12. The lowest BCUT2D eigenvalue weighted by atomic mass is 10.2. The molecule has 0 atom stereocenters. The first-order valence-corrected chi connectivity index (χ1v) is 6.10. The Balaban J connectivity index is 2.78. The zero-order valence-corrected chi connectivity index (χ0v) is 11.3. The molecule has 1 N–H and O–H groups in total. The first kappa shape index (κ1) is 14.2. The van der Waals surface area contributed by atoms with Crippen molar-refractivity contribution in [1.29, 1.82) is 0 Å². The SMILES string of the molecule is CC(C)/C=N/NC(=O)c1ccccc1OC(C)C. The number of nitrogens with zero attached hydrogens (tertiary/aromatic N) is 1. The van der Waals surface area contributed by atoms with E-state index in [0.29, 0.717) is 17.2 Å². The summed E-state index contributed by atoms with van der Waals surface area (Å²) in [4.78, 5) is 11.9. The van der Waals surface area contributed by atoms with Crippen LogP contribution in [-0.4, -0.2) is 18.2 Å². The predicted octanol–water partition coefficient (Wildman–Crippen LogP) is 2.85. The topological polar surface area (TPSA) is 50.7 Å². The van der Waals surface area contributed by atoms with E-state index in [1.807, 2.05) is 33.8 Å². The van der Waals surface area contributed by atoms with Crippen LogP contribution in [0.1, 0.15) is 38.1 Å². The van der Waals surface area contributed by atoms with Gasteiger partial charge in [0.05, 0.1) is 11.7 Å². The molecule has 0 fully saturated rings. The fraction of sp³-hybridized carbons (Fsp3) is 0.429. The molecular formula is C14H20N2O2. The summed E-state index contributed by atoms with van der Waals surface area (Å²) in [5.74, 6) is 0.611. The molecule has 1 aromatic carbocycles. The summed E-state index contributed by atoms with van der Waals surface area (Å²) in [5, 5.41) is 3.89. The number of ether oxygens (including phenoxy) is 1. The van der Waals surface area contributed by atoms with Crippen LogP contribution in [0.5, 0.6) is 5.75 Å². The van der Waals surface area contributed by atoms with Gasteiger partial charge in [-0.15, -0.1) is 0 Å². The van der Waals surface area contributed by atoms with Crippen molar-refractivity contribution >= 4 is 12.1 Å². The number of para-hydroxylation sites is 1. The van der Waals surface area contributed by atoms with E-state index in [9.17, 15) is 4.79 Å². The first-order valence-electron chi connectivity index (χ1n) is 6.10. The maximum absolute atomic E-state index is 11.9. The average Bonchev–Trinajstić information content (AvgIpc) is 2.28. The molecule has 1 aromatic rings. The van der Waals surface area contributed by atoms with Crippen LogP contribution in [0, 0.1) is 5.92 Å². The molecule has 0 aliphatic heterocycles. The third kappa shape index (κ3) is 4.57. The van der Waals surface area contributed by atoms with Crippen LogP contribution >= 0.6 is 0 Å². The summed E-state index contributed by atoms with van der Waals surface area (Å²) < 4.78 is 5.58. The van der Waals surface area contributed by atoms with Gasteiger partial charge in [-0.2, -0.15) is 5.10 Å². The highest BCUT2D eigenvalue weighted by Gasteiger charge is 2.12. The molecule has 0 saturated carbocycles. The maximum Gasteiger partial charge on any atom is 0.275 e. The minimum atomic E-state index is -0.261. The van der Waals surface area contributed by atoms with Crippen LogP contribution in [0.15, 0.2) is 29.4 Å². The molecule has 0 aromatic heterocycles. The van der Waals surface area contributed by atoms with Crippen LogP contribution in [0.4, 0.5) is 0 Å². The highest BCUT2D eigenvalue weighted by molar-refractivity contribution is 5.97. The Morgan fingerprint density at radius 3 is 2.56 bits per heavy atom. The number of hydrogen-bond donors (Lipinski definition) is 1. The predicted molar refractivity (Wildman–Crippen MR) is 73.0 cm³/mol. The molecule has 0 aliphatic rings. The van der Waals surface area contributed by atoms with Crippen LogP contribution < -0.4 is 10.2 Å². The highest BCUT2D eigenvalue weighted by Crippen LogP contribution is 2.19. The Morgan fingerprint density at radius 1 is 1.28 bits per heavy atom. The third-order valence-electron chi connectivity index (χ3n) is 2.03. The zero-order valence-electron chi connectivity index (χ0n) is 11.3. The van der Waals surface area contributed by atoms with Crippen LogP contribution in [-0.2, 0) is 0 Å². The van der Waals surface area contributed by atoms with E-state index in [1.165, 1.54) is 0 Å². The Labute approximate surface area is 108 Å².